The summed E-state index contributed by atoms with van der Waals surface area (Å²) in [6, 6.07) is 9.74. The highest BCUT2D eigenvalue weighted by molar-refractivity contribution is 5.30. The molecule has 1 aromatic carbocycles. The molecule has 0 unspecified atom stereocenters. The minimum atomic E-state index is -4.04. The smallest absolute Gasteiger partial charge is 0.313 e. The third kappa shape index (κ3) is 5.59. The van der Waals surface area contributed by atoms with E-state index in [4.69, 9.17) is 0 Å². The zero-order chi connectivity index (χ0) is 15.1. The van der Waals surface area contributed by atoms with Gasteiger partial charge in [-0.1, -0.05) is 18.2 Å². The number of nitrogens with zero attached hydrogens (tertiary/aromatic N) is 2. The molecule has 0 atom stereocenters. The second kappa shape index (κ2) is 7.26. The number of unbranched alkanes of at least 4 members (excludes halogenated alkanes) is 1. The molecule has 21 heavy (non-hydrogen) atoms. The van der Waals surface area contributed by atoms with Crippen LogP contribution in [0.1, 0.15) is 24.8 Å². The summed E-state index contributed by atoms with van der Waals surface area (Å²) < 4.78 is 37.7. The van der Waals surface area contributed by atoms with Crippen molar-refractivity contribution in [1.82, 2.24) is 15.1 Å². The molecular formula is C15H18F3N3. The highest BCUT2D eigenvalue weighted by atomic mass is 19.4. The van der Waals surface area contributed by atoms with Crippen molar-refractivity contribution in [2.45, 2.75) is 32.0 Å². The summed E-state index contributed by atoms with van der Waals surface area (Å²) in [5.74, 6) is 0. The number of halogens is 3. The number of para-hydroxylation sites is 1. The topological polar surface area (TPSA) is 29.9 Å². The summed E-state index contributed by atoms with van der Waals surface area (Å²) in [4.78, 5) is 0. The van der Waals surface area contributed by atoms with Gasteiger partial charge < -0.3 is 5.32 Å². The Kier molecular flexibility index (Phi) is 5.38. The quantitative estimate of drug-likeness (QED) is 0.790. The zero-order valence-corrected chi connectivity index (χ0v) is 11.6. The molecule has 0 amide bonds. The van der Waals surface area contributed by atoms with E-state index < -0.39 is 12.6 Å². The van der Waals surface area contributed by atoms with E-state index in [0.29, 0.717) is 19.5 Å². The number of hydrogen-bond acceptors (Lipinski definition) is 2. The first-order chi connectivity index (χ1) is 10.0. The number of hydrogen-bond donors (Lipinski definition) is 1. The lowest BCUT2D eigenvalue weighted by Gasteiger charge is -2.06. The van der Waals surface area contributed by atoms with Gasteiger partial charge >= 0.3 is 6.18 Å². The van der Waals surface area contributed by atoms with Crippen LogP contribution in [0.25, 0.3) is 5.69 Å². The zero-order valence-electron chi connectivity index (χ0n) is 11.6. The minimum absolute atomic E-state index is 0.166. The van der Waals surface area contributed by atoms with E-state index in [1.165, 1.54) is 0 Å². The molecule has 0 aliphatic rings. The van der Waals surface area contributed by atoms with Gasteiger partial charge in [0.2, 0.25) is 0 Å². The van der Waals surface area contributed by atoms with Gasteiger partial charge in [-0.2, -0.15) is 18.3 Å². The molecular weight excluding hydrogens is 279 g/mol. The van der Waals surface area contributed by atoms with Gasteiger partial charge in [-0.3, -0.25) is 0 Å². The van der Waals surface area contributed by atoms with E-state index in [9.17, 15) is 13.2 Å². The Morgan fingerprint density at radius 3 is 2.57 bits per heavy atom. The van der Waals surface area contributed by atoms with Gasteiger partial charge in [-0.15, -0.1) is 0 Å². The number of aromatic nitrogens is 2. The Morgan fingerprint density at radius 2 is 1.86 bits per heavy atom. The third-order valence-corrected chi connectivity index (χ3v) is 3.05. The van der Waals surface area contributed by atoms with Crippen molar-refractivity contribution in [2.75, 3.05) is 6.54 Å². The van der Waals surface area contributed by atoms with E-state index in [0.717, 1.165) is 11.3 Å². The molecule has 1 aromatic heterocycles. The van der Waals surface area contributed by atoms with Gasteiger partial charge in [-0.25, -0.2) is 4.68 Å². The maximum atomic E-state index is 12.0. The number of alkyl halides is 3. The van der Waals surface area contributed by atoms with Crippen LogP contribution in [0, 0.1) is 0 Å². The molecule has 2 aromatic rings. The lowest BCUT2D eigenvalue weighted by Crippen LogP contribution is -2.15. The Morgan fingerprint density at radius 1 is 1.10 bits per heavy atom. The summed E-state index contributed by atoms with van der Waals surface area (Å²) in [5.41, 5.74) is 1.99. The Bertz CT molecular complexity index is 535. The van der Waals surface area contributed by atoms with Crippen molar-refractivity contribution in [1.29, 1.82) is 0 Å². The summed E-state index contributed by atoms with van der Waals surface area (Å²) in [7, 11) is 0. The van der Waals surface area contributed by atoms with Gasteiger partial charge in [0, 0.05) is 24.7 Å². The molecule has 0 spiro atoms. The first-order valence-corrected chi connectivity index (χ1v) is 6.91. The van der Waals surface area contributed by atoms with Gasteiger partial charge in [0.05, 0.1) is 11.9 Å². The largest absolute Gasteiger partial charge is 0.389 e. The maximum Gasteiger partial charge on any atom is 0.389 e. The highest BCUT2D eigenvalue weighted by Crippen LogP contribution is 2.21. The molecule has 6 heteroatoms. The average molecular weight is 297 g/mol. The molecule has 1 heterocycles. The molecule has 0 bridgehead atoms. The Hall–Kier alpha value is -1.82. The van der Waals surface area contributed by atoms with Crippen LogP contribution in [0.2, 0.25) is 0 Å². The van der Waals surface area contributed by atoms with Gasteiger partial charge in [0.25, 0.3) is 0 Å². The molecule has 3 nitrogen and oxygen atoms in total. The molecule has 0 saturated carbocycles. The minimum Gasteiger partial charge on any atom is -0.313 e. The van der Waals surface area contributed by atoms with Crippen LogP contribution in [0.4, 0.5) is 13.2 Å². The van der Waals surface area contributed by atoms with Crippen molar-refractivity contribution < 1.29 is 13.2 Å². The molecule has 0 aliphatic carbocycles. The molecule has 114 valence electrons. The molecule has 0 radical (unpaired) electrons. The van der Waals surface area contributed by atoms with E-state index in [1.54, 1.807) is 10.9 Å². The molecule has 0 aliphatic heterocycles. The van der Waals surface area contributed by atoms with E-state index in [-0.39, 0.29) is 6.42 Å². The molecule has 1 N–H and O–H groups in total. The average Bonchev–Trinajstić information content (AvgIpc) is 2.91. The third-order valence-electron chi connectivity index (χ3n) is 3.05. The standard InChI is InChI=1S/C15H18F3N3/c16-15(17,18)8-4-5-9-19-10-13-11-20-21(12-13)14-6-2-1-3-7-14/h1-3,6-7,11-12,19H,4-5,8-10H2. The van der Waals surface area contributed by atoms with Gasteiger partial charge in [0.15, 0.2) is 0 Å². The Balaban J connectivity index is 1.69. The SMILES string of the molecule is FC(F)(F)CCCCNCc1cnn(-c2ccccc2)c1. The highest BCUT2D eigenvalue weighted by Gasteiger charge is 2.25. The Labute approximate surface area is 121 Å². The van der Waals surface area contributed by atoms with Crippen molar-refractivity contribution >= 4 is 0 Å². The number of rotatable bonds is 7. The number of benzene rings is 1. The number of nitrogens with one attached hydrogen (secondary N) is 1. The van der Waals surface area contributed by atoms with Crippen molar-refractivity contribution in [3.63, 3.8) is 0 Å². The fraction of sp³-hybridized carbons (Fsp3) is 0.400. The van der Waals surface area contributed by atoms with Gasteiger partial charge in [0.1, 0.15) is 0 Å². The maximum absolute atomic E-state index is 12.0. The lowest BCUT2D eigenvalue weighted by atomic mass is 10.2. The van der Waals surface area contributed by atoms with Crippen molar-refractivity contribution in [3.05, 3.63) is 48.3 Å². The van der Waals surface area contributed by atoms with Crippen LogP contribution in [0.3, 0.4) is 0 Å². The van der Waals surface area contributed by atoms with Crippen molar-refractivity contribution in [3.8, 4) is 5.69 Å². The second-order valence-corrected chi connectivity index (χ2v) is 4.88. The molecule has 2 rings (SSSR count). The first-order valence-electron chi connectivity index (χ1n) is 6.91. The fourth-order valence-corrected chi connectivity index (χ4v) is 1.98. The van der Waals surface area contributed by atoms with Crippen LogP contribution >= 0.6 is 0 Å². The second-order valence-electron chi connectivity index (χ2n) is 4.88. The monoisotopic (exact) mass is 297 g/mol. The summed E-state index contributed by atoms with van der Waals surface area (Å²) in [6.45, 7) is 1.19. The normalized spacial score (nSPS) is 11.8. The van der Waals surface area contributed by atoms with Crippen LogP contribution in [-0.4, -0.2) is 22.5 Å². The van der Waals surface area contributed by atoms with E-state index in [1.807, 2.05) is 36.5 Å². The molecule has 0 fully saturated rings. The summed E-state index contributed by atoms with van der Waals surface area (Å²) in [6.07, 6.45) is -0.392. The van der Waals surface area contributed by atoms with E-state index in [2.05, 4.69) is 10.4 Å². The van der Waals surface area contributed by atoms with Crippen LogP contribution in [0.5, 0.6) is 0 Å². The van der Waals surface area contributed by atoms with E-state index >= 15 is 0 Å². The summed E-state index contributed by atoms with van der Waals surface area (Å²) >= 11 is 0. The predicted octanol–water partition coefficient (Wildman–Crippen LogP) is 3.69. The summed E-state index contributed by atoms with van der Waals surface area (Å²) in [5, 5.41) is 7.39. The lowest BCUT2D eigenvalue weighted by molar-refractivity contribution is -0.135. The predicted molar refractivity (Wildman–Crippen MR) is 75.2 cm³/mol. The molecule has 0 saturated heterocycles. The fourth-order valence-electron chi connectivity index (χ4n) is 1.98. The van der Waals surface area contributed by atoms with Crippen LogP contribution < -0.4 is 5.32 Å². The first kappa shape index (κ1) is 15.6. The van der Waals surface area contributed by atoms with Crippen molar-refractivity contribution in [2.24, 2.45) is 0 Å². The van der Waals surface area contributed by atoms with Crippen LogP contribution in [0.15, 0.2) is 42.7 Å². The van der Waals surface area contributed by atoms with Crippen LogP contribution in [-0.2, 0) is 6.54 Å². The van der Waals surface area contributed by atoms with Gasteiger partial charge in [-0.05, 0) is 31.5 Å².